The lowest BCUT2D eigenvalue weighted by atomic mass is 10.1. The lowest BCUT2D eigenvalue weighted by molar-refractivity contribution is 0.349. The number of nitrogens with zero attached hydrogens (tertiary/aromatic N) is 2. The van der Waals surface area contributed by atoms with Crippen LogP contribution >= 0.6 is 0 Å². The second-order valence-corrected chi connectivity index (χ2v) is 3.52. The van der Waals surface area contributed by atoms with Crippen LogP contribution in [-0.2, 0) is 6.54 Å². The summed E-state index contributed by atoms with van der Waals surface area (Å²) >= 11 is 0. The molecule has 13 heavy (non-hydrogen) atoms. The fourth-order valence-corrected chi connectivity index (χ4v) is 1.76. The molecule has 2 atom stereocenters. The highest BCUT2D eigenvalue weighted by Crippen LogP contribution is 2.32. The van der Waals surface area contributed by atoms with E-state index in [0.29, 0.717) is 30.2 Å². The van der Waals surface area contributed by atoms with E-state index in [4.69, 9.17) is 16.0 Å². The largest absolute Gasteiger partial charge is 0.339 e. The van der Waals surface area contributed by atoms with Gasteiger partial charge in [-0.3, -0.25) is 0 Å². The van der Waals surface area contributed by atoms with Crippen LogP contribution in [0.3, 0.4) is 0 Å². The molecule has 1 fully saturated rings. The van der Waals surface area contributed by atoms with Gasteiger partial charge in [0.25, 0.3) is 0 Å². The molecule has 0 radical (unpaired) electrons. The van der Waals surface area contributed by atoms with Gasteiger partial charge in [-0.25, -0.2) is 0 Å². The smallest absolute Gasteiger partial charge is 0.229 e. The molecule has 0 amide bonds. The fraction of sp³-hybridized carbons (Fsp3) is 0.750. The molecule has 1 aliphatic rings. The van der Waals surface area contributed by atoms with Crippen molar-refractivity contribution in [3.8, 4) is 0 Å². The molecule has 1 aromatic rings. The van der Waals surface area contributed by atoms with E-state index in [2.05, 4.69) is 10.1 Å². The summed E-state index contributed by atoms with van der Waals surface area (Å²) in [6.07, 6.45) is 3.05. The minimum absolute atomic E-state index is 0.290. The third-order valence-corrected chi connectivity index (χ3v) is 2.49. The van der Waals surface area contributed by atoms with Crippen molar-refractivity contribution in [1.82, 2.24) is 10.1 Å². The molecule has 2 unspecified atom stereocenters. The molecule has 1 aromatic heterocycles. The van der Waals surface area contributed by atoms with Crippen LogP contribution in [0.4, 0.5) is 0 Å². The van der Waals surface area contributed by atoms with E-state index in [9.17, 15) is 0 Å². The Bertz CT molecular complexity index is 285. The van der Waals surface area contributed by atoms with Crippen LogP contribution in [0.15, 0.2) is 4.52 Å². The third-order valence-electron chi connectivity index (χ3n) is 2.49. The zero-order valence-electron chi connectivity index (χ0n) is 7.44. The van der Waals surface area contributed by atoms with Gasteiger partial charge in [0, 0.05) is 12.0 Å². The van der Waals surface area contributed by atoms with Crippen LogP contribution < -0.4 is 11.5 Å². The van der Waals surface area contributed by atoms with Crippen LogP contribution in [0.1, 0.15) is 36.9 Å². The van der Waals surface area contributed by atoms with E-state index in [1.54, 1.807) is 0 Å². The molecule has 4 N–H and O–H groups in total. The van der Waals surface area contributed by atoms with Crippen LogP contribution in [0.5, 0.6) is 0 Å². The Morgan fingerprint density at radius 3 is 2.85 bits per heavy atom. The van der Waals surface area contributed by atoms with Gasteiger partial charge in [0.15, 0.2) is 5.82 Å². The summed E-state index contributed by atoms with van der Waals surface area (Å²) in [6, 6.07) is 0.290. The zero-order chi connectivity index (χ0) is 9.26. The molecule has 0 bridgehead atoms. The van der Waals surface area contributed by atoms with Crippen molar-refractivity contribution in [3.05, 3.63) is 11.7 Å². The lowest BCUT2D eigenvalue weighted by Gasteiger charge is -2.01. The standard InChI is InChI=1S/C8H14N4O/c9-4-7-11-8(13-12-7)5-1-2-6(10)3-5/h5-6H,1-4,9-10H2. The van der Waals surface area contributed by atoms with Gasteiger partial charge in [-0.2, -0.15) is 4.98 Å². The number of rotatable bonds is 2. The summed E-state index contributed by atoms with van der Waals surface area (Å²) in [4.78, 5) is 4.19. The predicted octanol–water partition coefficient (Wildman–Crippen LogP) is 0.123. The Balaban J connectivity index is 2.08. The summed E-state index contributed by atoms with van der Waals surface area (Å²) < 4.78 is 5.09. The molecule has 0 aromatic carbocycles. The molecule has 0 saturated heterocycles. The first kappa shape index (κ1) is 8.65. The second kappa shape index (κ2) is 3.43. The molecule has 1 aliphatic carbocycles. The highest BCUT2D eigenvalue weighted by atomic mass is 16.5. The van der Waals surface area contributed by atoms with E-state index in [-0.39, 0.29) is 0 Å². The molecule has 5 heteroatoms. The third kappa shape index (κ3) is 1.71. The van der Waals surface area contributed by atoms with E-state index in [1.165, 1.54) is 0 Å². The van der Waals surface area contributed by atoms with Crippen molar-refractivity contribution in [3.63, 3.8) is 0 Å². The first-order chi connectivity index (χ1) is 6.29. The van der Waals surface area contributed by atoms with Crippen molar-refractivity contribution < 1.29 is 4.52 Å². The van der Waals surface area contributed by atoms with Gasteiger partial charge < -0.3 is 16.0 Å². The van der Waals surface area contributed by atoms with Crippen LogP contribution in [-0.4, -0.2) is 16.2 Å². The topological polar surface area (TPSA) is 91.0 Å². The molecular formula is C8H14N4O. The van der Waals surface area contributed by atoms with E-state index in [1.807, 2.05) is 0 Å². The summed E-state index contributed by atoms with van der Waals surface area (Å²) in [6.45, 7) is 0.336. The van der Waals surface area contributed by atoms with E-state index < -0.39 is 0 Å². The zero-order valence-corrected chi connectivity index (χ0v) is 7.44. The van der Waals surface area contributed by atoms with Crippen LogP contribution in [0, 0.1) is 0 Å². The first-order valence-corrected chi connectivity index (χ1v) is 4.57. The van der Waals surface area contributed by atoms with Crippen molar-refractivity contribution >= 4 is 0 Å². The average Bonchev–Trinajstić information content (AvgIpc) is 2.71. The number of nitrogens with two attached hydrogens (primary N) is 2. The van der Waals surface area contributed by atoms with E-state index in [0.717, 1.165) is 19.3 Å². The molecule has 5 nitrogen and oxygen atoms in total. The SMILES string of the molecule is NCc1noc(C2CCC(N)C2)n1. The van der Waals surface area contributed by atoms with Crippen molar-refractivity contribution in [2.75, 3.05) is 0 Å². The molecule has 1 saturated carbocycles. The highest BCUT2D eigenvalue weighted by Gasteiger charge is 2.27. The predicted molar refractivity (Wildman–Crippen MR) is 46.8 cm³/mol. The minimum Gasteiger partial charge on any atom is -0.339 e. The second-order valence-electron chi connectivity index (χ2n) is 3.52. The molecule has 1 heterocycles. The average molecular weight is 182 g/mol. The summed E-state index contributed by atoms with van der Waals surface area (Å²) in [7, 11) is 0. The molecule has 72 valence electrons. The minimum atomic E-state index is 0.290. The fourth-order valence-electron chi connectivity index (χ4n) is 1.76. The maximum Gasteiger partial charge on any atom is 0.229 e. The van der Waals surface area contributed by atoms with Gasteiger partial charge in [-0.15, -0.1) is 0 Å². The van der Waals surface area contributed by atoms with Gasteiger partial charge in [0.05, 0.1) is 6.54 Å². The molecule has 0 spiro atoms. The van der Waals surface area contributed by atoms with Crippen molar-refractivity contribution in [2.24, 2.45) is 11.5 Å². The number of aromatic nitrogens is 2. The normalized spacial score (nSPS) is 28.2. The lowest BCUT2D eigenvalue weighted by Crippen LogP contribution is -2.14. The Kier molecular flexibility index (Phi) is 2.28. The van der Waals surface area contributed by atoms with Crippen LogP contribution in [0.25, 0.3) is 0 Å². The Hall–Kier alpha value is -0.940. The van der Waals surface area contributed by atoms with Gasteiger partial charge in [-0.05, 0) is 19.3 Å². The molecular weight excluding hydrogens is 168 g/mol. The maximum absolute atomic E-state index is 5.79. The molecule has 2 rings (SSSR count). The van der Waals surface area contributed by atoms with Gasteiger partial charge in [0.1, 0.15) is 0 Å². The van der Waals surface area contributed by atoms with Crippen molar-refractivity contribution in [2.45, 2.75) is 37.8 Å². The van der Waals surface area contributed by atoms with Crippen LogP contribution in [0.2, 0.25) is 0 Å². The maximum atomic E-state index is 5.79. The molecule has 0 aliphatic heterocycles. The van der Waals surface area contributed by atoms with Gasteiger partial charge in [-0.1, -0.05) is 5.16 Å². The summed E-state index contributed by atoms with van der Waals surface area (Å²) in [5, 5.41) is 3.75. The van der Waals surface area contributed by atoms with E-state index >= 15 is 0 Å². The highest BCUT2D eigenvalue weighted by molar-refractivity contribution is 4.98. The quantitative estimate of drug-likeness (QED) is 0.678. The number of hydrogen-bond acceptors (Lipinski definition) is 5. The number of hydrogen-bond donors (Lipinski definition) is 2. The van der Waals surface area contributed by atoms with Crippen molar-refractivity contribution in [1.29, 1.82) is 0 Å². The first-order valence-electron chi connectivity index (χ1n) is 4.57. The van der Waals surface area contributed by atoms with Gasteiger partial charge >= 0.3 is 0 Å². The Labute approximate surface area is 76.5 Å². The van der Waals surface area contributed by atoms with Gasteiger partial charge in [0.2, 0.25) is 5.89 Å². The Morgan fingerprint density at radius 1 is 1.46 bits per heavy atom. The monoisotopic (exact) mass is 182 g/mol. The summed E-state index contributed by atoms with van der Waals surface area (Å²) in [5.41, 5.74) is 11.2. The summed E-state index contributed by atoms with van der Waals surface area (Å²) in [5.74, 6) is 1.63. The Morgan fingerprint density at radius 2 is 2.31 bits per heavy atom.